The molecule has 2 aromatic carbocycles. The summed E-state index contributed by atoms with van der Waals surface area (Å²) in [5.74, 6) is -0.309. The van der Waals surface area contributed by atoms with Crippen LogP contribution >= 0.6 is 0 Å². The van der Waals surface area contributed by atoms with E-state index in [2.05, 4.69) is 54.0 Å². The summed E-state index contributed by atoms with van der Waals surface area (Å²) in [6, 6.07) is 16.1. The van der Waals surface area contributed by atoms with Crippen LogP contribution in [0.15, 0.2) is 54.6 Å². The molecule has 12 heteroatoms. The predicted octanol–water partition coefficient (Wildman–Crippen LogP) is 2.73. The van der Waals surface area contributed by atoms with E-state index in [1.54, 1.807) is 9.80 Å². The number of rotatable bonds is 12. The number of nitrogens with one attached hydrogen (secondary N) is 2. The van der Waals surface area contributed by atoms with Gasteiger partial charge in [0.05, 0.1) is 12.2 Å². The number of Topliss-reactive ketones (excluding diaryl/α,β-unsaturated/α-hetero) is 2. The Bertz CT molecular complexity index is 1320. The van der Waals surface area contributed by atoms with Crippen LogP contribution in [0.1, 0.15) is 81.4 Å². The molecule has 2 saturated heterocycles. The van der Waals surface area contributed by atoms with Gasteiger partial charge in [-0.2, -0.15) is 0 Å². The Kier molecular flexibility index (Phi) is 16.1. The highest BCUT2D eigenvalue weighted by Crippen LogP contribution is 2.29. The number of aliphatic hydroxyl groups excluding tert-OH is 4. The molecule has 0 saturated carbocycles. The van der Waals surface area contributed by atoms with E-state index in [1.807, 2.05) is 18.2 Å². The normalized spacial score (nSPS) is 17.9. The van der Waals surface area contributed by atoms with Gasteiger partial charge in [-0.05, 0) is 74.5 Å². The van der Waals surface area contributed by atoms with Crippen LogP contribution in [0.4, 0.5) is 9.59 Å². The number of ketones is 2. The average molecular weight is 683 g/mol. The van der Waals surface area contributed by atoms with Crippen LogP contribution in [0.25, 0.3) is 0 Å². The second-order valence-corrected chi connectivity index (χ2v) is 13.0. The monoisotopic (exact) mass is 682 g/mol. The lowest BCUT2D eigenvalue weighted by Crippen LogP contribution is -2.54. The van der Waals surface area contributed by atoms with Gasteiger partial charge in [0.1, 0.15) is 25.3 Å². The molecule has 2 fully saturated rings. The van der Waals surface area contributed by atoms with Crippen molar-refractivity contribution in [2.24, 2.45) is 0 Å². The van der Waals surface area contributed by atoms with Crippen LogP contribution in [0.5, 0.6) is 0 Å². The molecule has 0 bridgehead atoms. The van der Waals surface area contributed by atoms with Gasteiger partial charge in [0.15, 0.2) is 11.6 Å². The maximum atomic E-state index is 12.4. The molecular formula is C37H54N4O8. The van der Waals surface area contributed by atoms with Gasteiger partial charge in [-0.3, -0.25) is 9.59 Å². The number of carbonyl (C=O) groups excluding carboxylic acids is 4. The number of benzene rings is 2. The van der Waals surface area contributed by atoms with E-state index in [-0.39, 0.29) is 12.1 Å². The van der Waals surface area contributed by atoms with E-state index in [9.17, 15) is 29.4 Å². The summed E-state index contributed by atoms with van der Waals surface area (Å²) in [6.07, 6.45) is 3.62. The number of urea groups is 2. The van der Waals surface area contributed by atoms with Crippen LogP contribution < -0.4 is 10.6 Å². The summed E-state index contributed by atoms with van der Waals surface area (Å²) in [4.78, 5) is 51.1. The summed E-state index contributed by atoms with van der Waals surface area (Å²) in [5.41, 5.74) is 3.94. The molecular weight excluding hydrogens is 628 g/mol. The summed E-state index contributed by atoms with van der Waals surface area (Å²) in [6.45, 7) is 6.02. The van der Waals surface area contributed by atoms with E-state index in [0.717, 1.165) is 38.5 Å². The Morgan fingerprint density at radius 1 is 0.673 bits per heavy atom. The van der Waals surface area contributed by atoms with Crippen molar-refractivity contribution in [3.63, 3.8) is 0 Å². The first-order valence-corrected chi connectivity index (χ1v) is 17.4. The predicted molar refractivity (Wildman–Crippen MR) is 186 cm³/mol. The number of carbonyl (C=O) groups is 4. The third-order valence-electron chi connectivity index (χ3n) is 9.35. The fraction of sp³-hybridized carbons (Fsp3) is 0.568. The van der Waals surface area contributed by atoms with E-state index in [0.29, 0.717) is 38.0 Å². The number of aliphatic hydroxyl groups is 4. The maximum Gasteiger partial charge on any atom is 0.318 e. The van der Waals surface area contributed by atoms with Crippen LogP contribution in [0.3, 0.4) is 0 Å². The van der Waals surface area contributed by atoms with Crippen molar-refractivity contribution >= 4 is 23.6 Å². The molecule has 0 radical (unpaired) electrons. The van der Waals surface area contributed by atoms with Gasteiger partial charge in [-0.15, -0.1) is 0 Å². The first-order chi connectivity index (χ1) is 23.5. The summed E-state index contributed by atoms with van der Waals surface area (Å²) < 4.78 is 0. The van der Waals surface area contributed by atoms with Gasteiger partial charge in [0.2, 0.25) is 0 Å². The topological polar surface area (TPSA) is 180 Å². The van der Waals surface area contributed by atoms with Gasteiger partial charge in [-0.1, -0.05) is 67.9 Å². The standard InChI is InChI=1S/C20H30N2O4.C17H24N2O4/c1-3-4-15-5-7-16(8-6-15)17-9-11-22(12-10-17)20(26)21-19(14(2)24)18(25)13-23;1-12(21)16(15(22)11-20)18-17(23)19-9-7-14(8-10-19)13-5-3-2-4-6-13/h5-8,14,17,19,23-24H,3-4,9-13H2,1-2H3,(H,21,26);2-6,12,14,16,20-21H,7-11H2,1H3,(H,18,23)/t14-,19+;12-,16+/m11/s1. The quantitative estimate of drug-likeness (QED) is 0.198. The second kappa shape index (κ2) is 20.0. The molecule has 4 rings (SSSR count). The molecule has 270 valence electrons. The second-order valence-electron chi connectivity index (χ2n) is 13.0. The Morgan fingerprint density at radius 3 is 1.41 bits per heavy atom. The van der Waals surface area contributed by atoms with Gasteiger partial charge in [0.25, 0.3) is 0 Å². The number of nitrogens with zero attached hydrogens (tertiary/aromatic N) is 2. The minimum absolute atomic E-state index is 0.366. The van der Waals surface area contributed by atoms with E-state index in [4.69, 9.17) is 10.2 Å². The van der Waals surface area contributed by atoms with Crippen molar-refractivity contribution in [3.05, 3.63) is 71.3 Å². The molecule has 0 aliphatic carbocycles. The lowest BCUT2D eigenvalue weighted by molar-refractivity contribution is -0.126. The smallest absolute Gasteiger partial charge is 0.318 e. The molecule has 49 heavy (non-hydrogen) atoms. The van der Waals surface area contributed by atoms with E-state index in [1.165, 1.54) is 30.5 Å². The highest BCUT2D eigenvalue weighted by atomic mass is 16.3. The lowest BCUT2D eigenvalue weighted by atomic mass is 9.89. The van der Waals surface area contributed by atoms with Crippen molar-refractivity contribution in [1.82, 2.24) is 20.4 Å². The molecule has 0 unspecified atom stereocenters. The molecule has 0 spiro atoms. The van der Waals surface area contributed by atoms with Crippen LogP contribution in [-0.4, -0.2) is 118 Å². The zero-order chi connectivity index (χ0) is 35.9. The van der Waals surface area contributed by atoms with E-state index >= 15 is 0 Å². The third-order valence-corrected chi connectivity index (χ3v) is 9.35. The van der Waals surface area contributed by atoms with Crippen molar-refractivity contribution in [2.45, 2.75) is 95.4 Å². The number of amides is 4. The Hall–Kier alpha value is -3.84. The molecule has 2 aromatic rings. The molecule has 2 aliphatic heterocycles. The first kappa shape index (κ1) is 39.6. The van der Waals surface area contributed by atoms with Gasteiger partial charge < -0.3 is 40.9 Å². The number of hydrogen-bond acceptors (Lipinski definition) is 8. The fourth-order valence-corrected chi connectivity index (χ4v) is 6.39. The molecule has 4 atom stereocenters. The van der Waals surface area contributed by atoms with Crippen LogP contribution in [-0.2, 0) is 16.0 Å². The summed E-state index contributed by atoms with van der Waals surface area (Å²) >= 11 is 0. The number of likely N-dealkylation sites (tertiary alicyclic amines) is 2. The summed E-state index contributed by atoms with van der Waals surface area (Å²) in [5, 5.41) is 42.2. The SMILES string of the molecule is CCCc1ccc(C2CCN(C(=O)N[C@H](C(=O)CO)[C@@H](C)O)CC2)cc1.C[C@@H](O)[C@H](NC(=O)N1CCC(c2ccccc2)CC1)C(=O)CO. The summed E-state index contributed by atoms with van der Waals surface area (Å²) in [7, 11) is 0. The largest absolute Gasteiger partial charge is 0.391 e. The van der Waals surface area contributed by atoms with Crippen molar-refractivity contribution in [1.29, 1.82) is 0 Å². The average Bonchev–Trinajstić information content (AvgIpc) is 3.13. The third kappa shape index (κ3) is 11.9. The van der Waals surface area contributed by atoms with Gasteiger partial charge in [0, 0.05) is 26.2 Å². The number of piperidine rings is 2. The lowest BCUT2D eigenvalue weighted by Gasteiger charge is -2.33. The van der Waals surface area contributed by atoms with Gasteiger partial charge in [-0.25, -0.2) is 9.59 Å². The fourth-order valence-electron chi connectivity index (χ4n) is 6.39. The number of hydrogen-bond donors (Lipinski definition) is 6. The van der Waals surface area contributed by atoms with Crippen LogP contribution in [0.2, 0.25) is 0 Å². The highest BCUT2D eigenvalue weighted by molar-refractivity contribution is 5.90. The highest BCUT2D eigenvalue weighted by Gasteiger charge is 2.31. The first-order valence-electron chi connectivity index (χ1n) is 17.4. The number of aryl methyl sites for hydroxylation is 1. The van der Waals surface area contributed by atoms with Crippen molar-refractivity contribution in [3.8, 4) is 0 Å². The maximum absolute atomic E-state index is 12.4. The molecule has 12 nitrogen and oxygen atoms in total. The minimum Gasteiger partial charge on any atom is -0.391 e. The molecule has 4 amide bonds. The zero-order valence-electron chi connectivity index (χ0n) is 29.0. The van der Waals surface area contributed by atoms with Crippen molar-refractivity contribution < 1.29 is 39.6 Å². The molecule has 2 aliphatic rings. The van der Waals surface area contributed by atoms with Gasteiger partial charge >= 0.3 is 12.1 Å². The van der Waals surface area contributed by atoms with E-state index < -0.39 is 49.1 Å². The zero-order valence-corrected chi connectivity index (χ0v) is 29.0. The Morgan fingerprint density at radius 2 is 1.06 bits per heavy atom. The Balaban J connectivity index is 0.000000267. The molecule has 0 aromatic heterocycles. The van der Waals surface area contributed by atoms with Crippen LogP contribution in [0, 0.1) is 0 Å². The van der Waals surface area contributed by atoms with Crippen molar-refractivity contribution in [2.75, 3.05) is 39.4 Å². The molecule has 6 N–H and O–H groups in total. The minimum atomic E-state index is -1.07. The Labute approximate surface area is 289 Å². The molecule has 2 heterocycles.